The molecule has 2 N–H and O–H groups in total. The molecule has 1 heterocycles. The van der Waals surface area contributed by atoms with Crippen molar-refractivity contribution in [3.05, 3.63) is 16.1 Å². The SMILES string of the molecule is CC1CCC(N)(Cc2nc(C(C)(C)C)cs2)C1. The standard InChI is InChI=1S/C14H24N2S/c1-10-5-6-14(15,7-10)8-12-16-11(9-17-12)13(2,3)4/h9-10H,5-8,15H2,1-4H3. The molecule has 1 saturated carbocycles. The highest BCUT2D eigenvalue weighted by molar-refractivity contribution is 7.09. The van der Waals surface area contributed by atoms with E-state index in [1.165, 1.54) is 17.1 Å². The summed E-state index contributed by atoms with van der Waals surface area (Å²) in [6, 6.07) is 0. The number of hydrogen-bond donors (Lipinski definition) is 1. The van der Waals surface area contributed by atoms with Crippen molar-refractivity contribution in [2.45, 2.75) is 64.3 Å². The van der Waals surface area contributed by atoms with Crippen LogP contribution in [0.4, 0.5) is 0 Å². The van der Waals surface area contributed by atoms with Crippen molar-refractivity contribution < 1.29 is 0 Å². The second-order valence-electron chi connectivity index (χ2n) is 6.76. The van der Waals surface area contributed by atoms with E-state index in [1.807, 2.05) is 0 Å². The van der Waals surface area contributed by atoms with Crippen molar-refractivity contribution in [3.8, 4) is 0 Å². The van der Waals surface area contributed by atoms with E-state index in [0.717, 1.165) is 25.2 Å². The fraction of sp³-hybridized carbons (Fsp3) is 0.786. The molecule has 1 fully saturated rings. The van der Waals surface area contributed by atoms with Gasteiger partial charge < -0.3 is 5.73 Å². The quantitative estimate of drug-likeness (QED) is 0.875. The molecule has 0 saturated heterocycles. The van der Waals surface area contributed by atoms with Crippen LogP contribution in [0.15, 0.2) is 5.38 Å². The van der Waals surface area contributed by atoms with E-state index >= 15 is 0 Å². The van der Waals surface area contributed by atoms with Crippen LogP contribution in [0.1, 0.15) is 57.7 Å². The smallest absolute Gasteiger partial charge is 0.0946 e. The molecule has 1 aromatic heterocycles. The van der Waals surface area contributed by atoms with Gasteiger partial charge in [-0.15, -0.1) is 11.3 Å². The summed E-state index contributed by atoms with van der Waals surface area (Å²) in [4.78, 5) is 4.75. The lowest BCUT2D eigenvalue weighted by Gasteiger charge is -2.22. The third-order valence-corrected chi connectivity index (χ3v) is 4.56. The van der Waals surface area contributed by atoms with Gasteiger partial charge in [-0.2, -0.15) is 0 Å². The minimum atomic E-state index is 0.00637. The Labute approximate surface area is 109 Å². The van der Waals surface area contributed by atoms with E-state index in [-0.39, 0.29) is 11.0 Å². The minimum Gasteiger partial charge on any atom is -0.325 e. The van der Waals surface area contributed by atoms with Gasteiger partial charge in [0.2, 0.25) is 0 Å². The summed E-state index contributed by atoms with van der Waals surface area (Å²) in [5.74, 6) is 0.780. The third-order valence-electron chi connectivity index (χ3n) is 3.71. The Balaban J connectivity index is 2.07. The first-order valence-corrected chi connectivity index (χ1v) is 7.40. The molecule has 3 heteroatoms. The van der Waals surface area contributed by atoms with Gasteiger partial charge in [0.1, 0.15) is 0 Å². The number of aromatic nitrogens is 1. The molecule has 0 radical (unpaired) electrons. The van der Waals surface area contributed by atoms with Crippen LogP contribution in [0.25, 0.3) is 0 Å². The first kappa shape index (κ1) is 13.0. The molecule has 2 nitrogen and oxygen atoms in total. The first-order valence-electron chi connectivity index (χ1n) is 6.52. The van der Waals surface area contributed by atoms with Crippen molar-refractivity contribution in [1.29, 1.82) is 0 Å². The van der Waals surface area contributed by atoms with Crippen LogP contribution in [-0.4, -0.2) is 10.5 Å². The van der Waals surface area contributed by atoms with Gasteiger partial charge in [-0.1, -0.05) is 27.7 Å². The summed E-state index contributed by atoms with van der Waals surface area (Å²) < 4.78 is 0. The van der Waals surface area contributed by atoms with Gasteiger partial charge >= 0.3 is 0 Å². The summed E-state index contributed by atoms with van der Waals surface area (Å²) in [7, 11) is 0. The maximum Gasteiger partial charge on any atom is 0.0946 e. The van der Waals surface area contributed by atoms with E-state index in [2.05, 4.69) is 33.1 Å². The molecule has 17 heavy (non-hydrogen) atoms. The first-order chi connectivity index (χ1) is 7.78. The molecule has 2 unspecified atom stereocenters. The number of hydrogen-bond acceptors (Lipinski definition) is 3. The number of thiazole rings is 1. The molecule has 2 atom stereocenters. The third kappa shape index (κ3) is 3.08. The van der Waals surface area contributed by atoms with E-state index in [9.17, 15) is 0 Å². The summed E-state index contributed by atoms with van der Waals surface area (Å²) >= 11 is 1.77. The van der Waals surface area contributed by atoms with Gasteiger partial charge in [-0.25, -0.2) is 4.98 Å². The van der Waals surface area contributed by atoms with Crippen LogP contribution in [0, 0.1) is 5.92 Å². The Morgan fingerprint density at radius 2 is 2.24 bits per heavy atom. The van der Waals surface area contributed by atoms with Crippen LogP contribution in [0.2, 0.25) is 0 Å². The van der Waals surface area contributed by atoms with Crippen molar-refractivity contribution in [2.75, 3.05) is 0 Å². The molecule has 96 valence electrons. The lowest BCUT2D eigenvalue weighted by atomic mass is 9.92. The van der Waals surface area contributed by atoms with Crippen LogP contribution < -0.4 is 5.73 Å². The highest BCUT2D eigenvalue weighted by atomic mass is 32.1. The average Bonchev–Trinajstić information content (AvgIpc) is 2.73. The molecule has 0 amide bonds. The molecule has 0 aromatic carbocycles. The van der Waals surface area contributed by atoms with Gasteiger partial charge in [0.25, 0.3) is 0 Å². The minimum absolute atomic E-state index is 0.00637. The van der Waals surface area contributed by atoms with Crippen molar-refractivity contribution in [3.63, 3.8) is 0 Å². The zero-order valence-corrected chi connectivity index (χ0v) is 12.2. The predicted octanol–water partition coefficient (Wildman–Crippen LogP) is 3.50. The fourth-order valence-electron chi connectivity index (χ4n) is 2.63. The van der Waals surface area contributed by atoms with Gasteiger partial charge in [-0.05, 0) is 25.2 Å². The number of nitrogens with two attached hydrogens (primary N) is 1. The van der Waals surface area contributed by atoms with E-state index in [4.69, 9.17) is 10.7 Å². The molecular weight excluding hydrogens is 228 g/mol. The van der Waals surface area contributed by atoms with Crippen molar-refractivity contribution in [2.24, 2.45) is 11.7 Å². The van der Waals surface area contributed by atoms with Crippen LogP contribution in [0.5, 0.6) is 0 Å². The lowest BCUT2D eigenvalue weighted by Crippen LogP contribution is -2.39. The van der Waals surface area contributed by atoms with Gasteiger partial charge in [-0.3, -0.25) is 0 Å². The Morgan fingerprint density at radius 3 is 2.71 bits per heavy atom. The highest BCUT2D eigenvalue weighted by Gasteiger charge is 2.34. The average molecular weight is 252 g/mol. The second kappa shape index (κ2) is 4.36. The Kier molecular flexibility index (Phi) is 3.34. The van der Waals surface area contributed by atoms with Gasteiger partial charge in [0, 0.05) is 22.8 Å². The summed E-state index contributed by atoms with van der Waals surface area (Å²) in [6.07, 6.45) is 4.53. The van der Waals surface area contributed by atoms with E-state index in [0.29, 0.717) is 0 Å². The largest absolute Gasteiger partial charge is 0.325 e. The maximum atomic E-state index is 6.47. The Morgan fingerprint density at radius 1 is 1.53 bits per heavy atom. The maximum absolute atomic E-state index is 6.47. The lowest BCUT2D eigenvalue weighted by molar-refractivity contribution is 0.417. The molecule has 0 spiro atoms. The van der Waals surface area contributed by atoms with Crippen LogP contribution in [-0.2, 0) is 11.8 Å². The summed E-state index contributed by atoms with van der Waals surface area (Å²) in [5.41, 5.74) is 7.83. The zero-order chi connectivity index (χ0) is 12.7. The number of rotatable bonds is 2. The fourth-order valence-corrected chi connectivity index (χ4v) is 3.81. The Hall–Kier alpha value is -0.410. The van der Waals surface area contributed by atoms with Gasteiger partial charge in [0.15, 0.2) is 0 Å². The molecule has 1 aliphatic rings. The molecule has 2 rings (SSSR count). The predicted molar refractivity (Wildman–Crippen MR) is 74.5 cm³/mol. The molecule has 1 aliphatic carbocycles. The Bertz CT molecular complexity index is 391. The molecule has 0 aliphatic heterocycles. The molecule has 0 bridgehead atoms. The number of nitrogens with zero attached hydrogens (tertiary/aromatic N) is 1. The molecular formula is C14H24N2S. The van der Waals surface area contributed by atoms with Crippen LogP contribution in [0.3, 0.4) is 0 Å². The van der Waals surface area contributed by atoms with E-state index < -0.39 is 0 Å². The zero-order valence-electron chi connectivity index (χ0n) is 11.4. The van der Waals surface area contributed by atoms with Crippen molar-refractivity contribution in [1.82, 2.24) is 4.98 Å². The summed E-state index contributed by atoms with van der Waals surface area (Å²) in [6.45, 7) is 8.93. The molecule has 1 aromatic rings. The van der Waals surface area contributed by atoms with Crippen LogP contribution >= 0.6 is 11.3 Å². The monoisotopic (exact) mass is 252 g/mol. The van der Waals surface area contributed by atoms with Crippen molar-refractivity contribution >= 4 is 11.3 Å². The van der Waals surface area contributed by atoms with E-state index in [1.54, 1.807) is 11.3 Å². The topological polar surface area (TPSA) is 38.9 Å². The normalized spacial score (nSPS) is 29.8. The highest BCUT2D eigenvalue weighted by Crippen LogP contribution is 2.35. The summed E-state index contributed by atoms with van der Waals surface area (Å²) in [5, 5.41) is 3.41. The second-order valence-corrected chi connectivity index (χ2v) is 7.71. The van der Waals surface area contributed by atoms with Gasteiger partial charge in [0.05, 0.1) is 10.7 Å².